The van der Waals surface area contributed by atoms with Crippen molar-refractivity contribution in [3.63, 3.8) is 0 Å². The van der Waals surface area contributed by atoms with Crippen LogP contribution in [0, 0.1) is 6.92 Å². The minimum atomic E-state index is -0.567. The van der Waals surface area contributed by atoms with Gasteiger partial charge in [-0.05, 0) is 74.1 Å². The van der Waals surface area contributed by atoms with Crippen molar-refractivity contribution in [1.29, 1.82) is 0 Å². The molecule has 1 aliphatic rings. The molecule has 1 saturated heterocycles. The number of aryl methyl sites for hydroxylation is 1. The molecule has 27 heavy (non-hydrogen) atoms. The third-order valence-electron chi connectivity index (χ3n) is 5.07. The molecule has 1 heterocycles. The molecule has 0 saturated carbocycles. The van der Waals surface area contributed by atoms with E-state index >= 15 is 0 Å². The van der Waals surface area contributed by atoms with Crippen molar-refractivity contribution in [3.05, 3.63) is 53.6 Å². The monoisotopic (exact) mass is 366 g/mol. The molecule has 2 aromatic rings. The molecule has 4 nitrogen and oxygen atoms in total. The van der Waals surface area contributed by atoms with Crippen molar-refractivity contribution in [2.24, 2.45) is 0 Å². The summed E-state index contributed by atoms with van der Waals surface area (Å²) >= 11 is 0. The van der Waals surface area contributed by atoms with Crippen LogP contribution < -0.4 is 15.0 Å². The largest absolute Gasteiger partial charge is 0.481 e. The lowest BCUT2D eigenvalue weighted by Gasteiger charge is -2.20. The number of hydrogen-bond acceptors (Lipinski definition) is 3. The molecule has 1 amide bonds. The molecule has 3 rings (SSSR count). The standard InChI is InChI=1S/C23H30N2O2/c1-16(2)21-12-7-17(3)15-22(21)27-18(4)23(26)24-19-8-10-20(11-9-19)25-13-5-6-14-25/h7-12,15-16,18H,5-6,13-14H2,1-4H3,(H,24,26)/t18-/m1/s1. The van der Waals surface area contributed by atoms with E-state index in [1.54, 1.807) is 6.92 Å². The Morgan fingerprint density at radius 1 is 1.04 bits per heavy atom. The Morgan fingerprint density at radius 3 is 2.33 bits per heavy atom. The van der Waals surface area contributed by atoms with Gasteiger partial charge >= 0.3 is 0 Å². The van der Waals surface area contributed by atoms with Gasteiger partial charge < -0.3 is 15.0 Å². The summed E-state index contributed by atoms with van der Waals surface area (Å²) in [7, 11) is 0. The summed E-state index contributed by atoms with van der Waals surface area (Å²) in [6, 6.07) is 14.2. The maximum Gasteiger partial charge on any atom is 0.265 e. The van der Waals surface area contributed by atoms with Crippen LogP contribution in [0.4, 0.5) is 11.4 Å². The Balaban J connectivity index is 1.63. The van der Waals surface area contributed by atoms with Crippen molar-refractivity contribution in [3.8, 4) is 5.75 Å². The van der Waals surface area contributed by atoms with Crippen LogP contribution in [0.2, 0.25) is 0 Å². The number of carbonyl (C=O) groups is 1. The number of amides is 1. The normalized spacial score (nSPS) is 15.1. The minimum absolute atomic E-state index is 0.139. The van der Waals surface area contributed by atoms with E-state index < -0.39 is 6.10 Å². The lowest BCUT2D eigenvalue weighted by atomic mass is 10.0. The first-order chi connectivity index (χ1) is 12.9. The molecule has 1 aliphatic heterocycles. The van der Waals surface area contributed by atoms with Gasteiger partial charge in [0.25, 0.3) is 5.91 Å². The second kappa shape index (κ2) is 8.47. The zero-order valence-corrected chi connectivity index (χ0v) is 16.8. The molecular formula is C23H30N2O2. The number of hydrogen-bond donors (Lipinski definition) is 1. The fourth-order valence-electron chi connectivity index (χ4n) is 3.44. The van der Waals surface area contributed by atoms with Gasteiger partial charge in [0.2, 0.25) is 0 Å². The second-order valence-corrected chi connectivity index (χ2v) is 7.69. The first kappa shape index (κ1) is 19.3. The van der Waals surface area contributed by atoms with Gasteiger partial charge in [-0.15, -0.1) is 0 Å². The van der Waals surface area contributed by atoms with Gasteiger partial charge in [-0.1, -0.05) is 26.0 Å². The number of ether oxygens (including phenoxy) is 1. The summed E-state index contributed by atoms with van der Waals surface area (Å²) in [5.74, 6) is 0.992. The van der Waals surface area contributed by atoms with E-state index in [1.165, 1.54) is 18.5 Å². The first-order valence-corrected chi connectivity index (χ1v) is 9.87. The van der Waals surface area contributed by atoms with Crippen molar-refractivity contribution in [2.45, 2.75) is 52.6 Å². The van der Waals surface area contributed by atoms with Gasteiger partial charge in [0.1, 0.15) is 5.75 Å². The van der Waals surface area contributed by atoms with Crippen LogP contribution >= 0.6 is 0 Å². The minimum Gasteiger partial charge on any atom is -0.481 e. The zero-order chi connectivity index (χ0) is 19.4. The van der Waals surface area contributed by atoms with E-state index in [2.05, 4.69) is 48.3 Å². The Hall–Kier alpha value is -2.49. The van der Waals surface area contributed by atoms with Crippen LogP contribution in [-0.4, -0.2) is 25.1 Å². The molecule has 0 radical (unpaired) electrons. The van der Waals surface area contributed by atoms with E-state index in [1.807, 2.05) is 25.1 Å². The molecule has 2 aromatic carbocycles. The summed E-state index contributed by atoms with van der Waals surface area (Å²) in [5.41, 5.74) is 4.26. The molecule has 0 spiro atoms. The maximum atomic E-state index is 12.6. The molecule has 0 aliphatic carbocycles. The fourth-order valence-corrected chi connectivity index (χ4v) is 3.44. The van der Waals surface area contributed by atoms with Crippen LogP contribution in [0.15, 0.2) is 42.5 Å². The van der Waals surface area contributed by atoms with Gasteiger partial charge in [-0.25, -0.2) is 0 Å². The number of rotatable bonds is 6. The zero-order valence-electron chi connectivity index (χ0n) is 16.8. The van der Waals surface area contributed by atoms with Crippen LogP contribution in [-0.2, 0) is 4.79 Å². The van der Waals surface area contributed by atoms with E-state index in [-0.39, 0.29) is 5.91 Å². The topological polar surface area (TPSA) is 41.6 Å². The SMILES string of the molecule is Cc1ccc(C(C)C)c(O[C@H](C)C(=O)Nc2ccc(N3CCCC3)cc2)c1. The Morgan fingerprint density at radius 2 is 1.70 bits per heavy atom. The van der Waals surface area contributed by atoms with Crippen molar-refractivity contribution in [2.75, 3.05) is 23.3 Å². The van der Waals surface area contributed by atoms with E-state index in [0.29, 0.717) is 5.92 Å². The Kier molecular flexibility index (Phi) is 6.04. The molecule has 4 heteroatoms. The number of nitrogens with one attached hydrogen (secondary N) is 1. The van der Waals surface area contributed by atoms with Crippen LogP contribution in [0.5, 0.6) is 5.75 Å². The van der Waals surface area contributed by atoms with Crippen LogP contribution in [0.1, 0.15) is 50.7 Å². The second-order valence-electron chi connectivity index (χ2n) is 7.69. The smallest absolute Gasteiger partial charge is 0.265 e. The van der Waals surface area contributed by atoms with Gasteiger partial charge in [0.15, 0.2) is 6.10 Å². The highest BCUT2D eigenvalue weighted by atomic mass is 16.5. The molecular weight excluding hydrogens is 336 g/mol. The lowest BCUT2D eigenvalue weighted by Crippen LogP contribution is -2.30. The Labute approximate surface area is 162 Å². The molecule has 0 bridgehead atoms. The van der Waals surface area contributed by atoms with E-state index in [4.69, 9.17) is 4.74 Å². The fraction of sp³-hybridized carbons (Fsp3) is 0.435. The van der Waals surface area contributed by atoms with Crippen molar-refractivity contribution < 1.29 is 9.53 Å². The third-order valence-corrected chi connectivity index (χ3v) is 5.07. The molecule has 1 N–H and O–H groups in total. The van der Waals surface area contributed by atoms with Gasteiger partial charge in [0.05, 0.1) is 0 Å². The number of nitrogens with zero attached hydrogens (tertiary/aromatic N) is 1. The molecule has 144 valence electrons. The summed E-state index contributed by atoms with van der Waals surface area (Å²) in [6.45, 7) is 10.3. The van der Waals surface area contributed by atoms with Crippen molar-refractivity contribution >= 4 is 17.3 Å². The first-order valence-electron chi connectivity index (χ1n) is 9.87. The predicted octanol–water partition coefficient (Wildman–Crippen LogP) is 5.12. The number of anilines is 2. The summed E-state index contributed by atoms with van der Waals surface area (Å²) in [5, 5.41) is 2.96. The predicted molar refractivity (Wildman–Crippen MR) is 112 cm³/mol. The van der Waals surface area contributed by atoms with Gasteiger partial charge in [0, 0.05) is 24.5 Å². The van der Waals surface area contributed by atoms with Gasteiger partial charge in [-0.3, -0.25) is 4.79 Å². The number of benzene rings is 2. The molecule has 1 fully saturated rings. The van der Waals surface area contributed by atoms with Gasteiger partial charge in [-0.2, -0.15) is 0 Å². The van der Waals surface area contributed by atoms with Crippen molar-refractivity contribution in [1.82, 2.24) is 0 Å². The number of carbonyl (C=O) groups excluding carboxylic acids is 1. The third kappa shape index (κ3) is 4.82. The van der Waals surface area contributed by atoms with Crippen LogP contribution in [0.3, 0.4) is 0 Å². The maximum absolute atomic E-state index is 12.6. The molecule has 0 unspecified atom stereocenters. The highest BCUT2D eigenvalue weighted by Gasteiger charge is 2.18. The summed E-state index contributed by atoms with van der Waals surface area (Å²) < 4.78 is 6.01. The van der Waals surface area contributed by atoms with E-state index in [9.17, 15) is 4.79 Å². The van der Waals surface area contributed by atoms with Crippen LogP contribution in [0.25, 0.3) is 0 Å². The Bertz CT molecular complexity index is 777. The highest BCUT2D eigenvalue weighted by molar-refractivity contribution is 5.94. The molecule has 0 aromatic heterocycles. The quantitative estimate of drug-likeness (QED) is 0.771. The average Bonchev–Trinajstić information content (AvgIpc) is 3.16. The lowest BCUT2D eigenvalue weighted by molar-refractivity contribution is -0.122. The summed E-state index contributed by atoms with van der Waals surface area (Å²) in [6.07, 6.45) is 1.94. The molecule has 1 atom stereocenters. The van der Waals surface area contributed by atoms with E-state index in [0.717, 1.165) is 35.7 Å². The summed E-state index contributed by atoms with van der Waals surface area (Å²) in [4.78, 5) is 15.0. The average molecular weight is 367 g/mol. The highest BCUT2D eigenvalue weighted by Crippen LogP contribution is 2.28.